The zero-order chi connectivity index (χ0) is 68.0. The van der Waals surface area contributed by atoms with Gasteiger partial charge in [0.1, 0.15) is 25.3 Å². The number of carbonyl (C=O) groups is 4. The quantitative estimate of drug-likeness (QED) is 0.0236. The van der Waals surface area contributed by atoms with Gasteiger partial charge >= 0.3 is 24.1 Å². The number of unbranched alkanes of at least 4 members (excludes halogenated alkanes) is 4. The molecule has 2 aromatic carbocycles. The van der Waals surface area contributed by atoms with Crippen LogP contribution >= 0.6 is 0 Å². The van der Waals surface area contributed by atoms with Crippen LogP contribution in [0.3, 0.4) is 0 Å². The maximum absolute atomic E-state index is 13.0. The fourth-order valence-electron chi connectivity index (χ4n) is 21.0. The molecule has 6 saturated carbocycles. The van der Waals surface area contributed by atoms with E-state index in [1.165, 1.54) is 114 Å². The molecule has 6 fully saturated rings. The Morgan fingerprint density at radius 3 is 1.35 bits per heavy atom. The zero-order valence-electron chi connectivity index (χ0n) is 60.6. The van der Waals surface area contributed by atoms with Crippen molar-refractivity contribution in [1.82, 2.24) is 10.6 Å². The van der Waals surface area contributed by atoms with Crippen molar-refractivity contribution >= 4 is 35.5 Å². The molecular weight excluding hydrogens is 1190 g/mol. The van der Waals surface area contributed by atoms with E-state index >= 15 is 0 Å². The van der Waals surface area contributed by atoms with Crippen LogP contribution in [0, 0.1) is 116 Å². The van der Waals surface area contributed by atoms with Gasteiger partial charge in [-0.1, -0.05) is 167 Å². The molecule has 0 unspecified atom stereocenters. The van der Waals surface area contributed by atoms with E-state index in [0.717, 1.165) is 122 Å². The lowest BCUT2D eigenvalue weighted by atomic mass is 9.47. The number of rotatable bonds is 26. The Bertz CT molecular complexity index is 3010. The average Bonchev–Trinajstić information content (AvgIpc) is 1.38. The molecule has 524 valence electrons. The van der Waals surface area contributed by atoms with Crippen LogP contribution in [-0.2, 0) is 28.5 Å². The lowest BCUT2D eigenvalue weighted by molar-refractivity contribution is -0.151. The minimum Gasteiger partial charge on any atom is -0.461 e. The van der Waals surface area contributed by atoms with Crippen molar-refractivity contribution < 1.29 is 38.1 Å². The number of carbonyl (C=O) groups excluding carboxylic acids is 4. The molecule has 10 rings (SSSR count). The molecule has 0 saturated heterocycles. The summed E-state index contributed by atoms with van der Waals surface area (Å²) in [7, 11) is 0. The van der Waals surface area contributed by atoms with Gasteiger partial charge in [0, 0.05) is 36.8 Å². The lowest BCUT2D eigenvalue weighted by Gasteiger charge is -2.58. The van der Waals surface area contributed by atoms with Gasteiger partial charge in [0.2, 0.25) is 0 Å². The average molecular weight is 1310 g/mol. The molecule has 12 nitrogen and oxygen atoms in total. The molecule has 8 aliphatic rings. The van der Waals surface area contributed by atoms with Crippen molar-refractivity contribution in [3.63, 3.8) is 0 Å². The molecule has 0 radical (unpaired) electrons. The van der Waals surface area contributed by atoms with Gasteiger partial charge in [0.15, 0.2) is 0 Å². The maximum atomic E-state index is 13.0. The van der Waals surface area contributed by atoms with Crippen LogP contribution in [0.15, 0.2) is 82.1 Å². The molecule has 0 aromatic heterocycles. The Labute approximate surface area is 578 Å². The van der Waals surface area contributed by atoms with Crippen LogP contribution in [-0.4, -0.2) is 62.6 Å². The van der Waals surface area contributed by atoms with E-state index in [1.807, 2.05) is 48.5 Å². The van der Waals surface area contributed by atoms with Crippen LogP contribution in [0.25, 0.3) is 0 Å². The third-order valence-corrected chi connectivity index (χ3v) is 26.2. The van der Waals surface area contributed by atoms with Crippen molar-refractivity contribution in [2.45, 2.75) is 261 Å². The molecule has 0 bridgehead atoms. The number of hydrogen-bond donors (Lipinski definition) is 2. The summed E-state index contributed by atoms with van der Waals surface area (Å²) in [5.74, 6) is 21.5. The topological polar surface area (TPSA) is 154 Å². The van der Waals surface area contributed by atoms with Gasteiger partial charge in [-0.05, 0) is 245 Å². The number of benzene rings is 2. The Morgan fingerprint density at radius 2 is 0.938 bits per heavy atom. The zero-order valence-corrected chi connectivity index (χ0v) is 60.6. The fourth-order valence-corrected chi connectivity index (χ4v) is 21.0. The van der Waals surface area contributed by atoms with E-state index in [1.54, 1.807) is 0 Å². The standard InChI is InChI=1S/C84H120N4O8/c1-57(2)23-19-25-59(5)71-37-39-73-69-35-33-63-53-67(41-45-81(63,7)75(69)43-47-83(71,73)9)95-77(89)55-85-79(91)93-49-17-13-11-15-27-61-29-21-31-65(51-61)87-88-66-32-22-30-62(52-66)28-16-12-14-18-50-94-80(92)86-56-78(90)96-68-42-46-82(8)64(54-68)34-36-70-74-40-38-72(60(6)26-20-24-58(3)4)84(74,10)48-44-76(70)82/h21-22,29-34,51-52,57-60,67-76H,11-14,17-20,23-26,35-50,53-56H2,1-10H3,(H,85,91)(H,86,92)/t59-,60-,67+,68+,69+,70+,71-,72-,73+,74+,75+,76+,81+,82+,83-,84-/m1/s1. The highest BCUT2D eigenvalue weighted by molar-refractivity contribution is 5.78. The normalized spacial score (nSPS) is 31.6. The summed E-state index contributed by atoms with van der Waals surface area (Å²) in [4.78, 5) is 51.0. The van der Waals surface area contributed by atoms with Crippen molar-refractivity contribution in [3.8, 4) is 23.7 Å². The second-order valence-corrected chi connectivity index (χ2v) is 33.1. The van der Waals surface area contributed by atoms with Gasteiger partial charge in [-0.3, -0.25) is 9.59 Å². The summed E-state index contributed by atoms with van der Waals surface area (Å²) in [5, 5.41) is 14.1. The molecular formula is C84H120N4O8. The summed E-state index contributed by atoms with van der Waals surface area (Å²) in [6.07, 6.45) is 34.5. The summed E-state index contributed by atoms with van der Waals surface area (Å²) in [6, 6.07) is 15.3. The number of nitrogens with one attached hydrogen (secondary N) is 2. The molecule has 0 spiro atoms. The minimum atomic E-state index is -0.614. The van der Waals surface area contributed by atoms with E-state index in [2.05, 4.69) is 126 Å². The van der Waals surface area contributed by atoms with Gasteiger partial charge in [0.05, 0.1) is 24.6 Å². The van der Waals surface area contributed by atoms with Gasteiger partial charge in [-0.2, -0.15) is 10.2 Å². The van der Waals surface area contributed by atoms with Crippen LogP contribution in [0.4, 0.5) is 21.0 Å². The van der Waals surface area contributed by atoms with Crippen molar-refractivity contribution in [1.29, 1.82) is 0 Å². The molecule has 2 N–H and O–H groups in total. The van der Waals surface area contributed by atoms with E-state index in [0.29, 0.717) is 59.7 Å². The number of nitrogens with zero attached hydrogens (tertiary/aromatic N) is 2. The van der Waals surface area contributed by atoms with E-state index in [9.17, 15) is 19.2 Å². The Hall–Kier alpha value is -5.88. The number of alkyl carbamates (subject to hydrolysis) is 2. The number of amides is 2. The Balaban J connectivity index is 0.552. The number of ether oxygens (including phenoxy) is 4. The molecule has 16 atom stereocenters. The molecule has 2 aromatic rings. The first-order valence-corrected chi connectivity index (χ1v) is 38.3. The number of hydrogen-bond acceptors (Lipinski definition) is 10. The SMILES string of the molecule is CC(C)CCC[C@@H](C)[C@H]1CC[C@H]2[C@@H]3CC=C4C[C@@H](OC(=O)CNC(=O)OCCCCC#Cc5cccc(N=Nc6cccc(C#CCCCCOC(=O)NCC(=O)O[C@H]7CC[C@@]8(C)C(=CC[C@H]9[C@@H]%10CC[C@H]([C@H](C)CCCC(C)C)[C@@]%10(C)CC[C@@H]98)C7)c6)c5)CC[C@]4(C)[C@H]3CC[C@]12C. The van der Waals surface area contributed by atoms with Gasteiger partial charge in [0.25, 0.3) is 0 Å². The fraction of sp³-hybridized carbons (Fsp3) is 0.714. The number of azo groups is 1. The van der Waals surface area contributed by atoms with Crippen LogP contribution in [0.1, 0.15) is 260 Å². The predicted molar refractivity (Wildman–Crippen MR) is 383 cm³/mol. The van der Waals surface area contributed by atoms with Gasteiger partial charge in [-0.25, -0.2) is 9.59 Å². The van der Waals surface area contributed by atoms with Crippen molar-refractivity contribution in [2.75, 3.05) is 26.3 Å². The minimum absolute atomic E-state index is 0.152. The van der Waals surface area contributed by atoms with Gasteiger partial charge < -0.3 is 29.6 Å². The first-order chi connectivity index (χ1) is 46.1. The van der Waals surface area contributed by atoms with Crippen molar-refractivity contribution in [3.05, 3.63) is 83.0 Å². The molecule has 12 heteroatoms. The van der Waals surface area contributed by atoms with E-state index in [4.69, 9.17) is 18.9 Å². The molecule has 8 aliphatic carbocycles. The highest BCUT2D eigenvalue weighted by atomic mass is 16.6. The van der Waals surface area contributed by atoms with Crippen molar-refractivity contribution in [2.24, 2.45) is 103 Å². The molecule has 96 heavy (non-hydrogen) atoms. The first-order valence-electron chi connectivity index (χ1n) is 38.3. The summed E-state index contributed by atoms with van der Waals surface area (Å²) in [5.41, 5.74) is 7.32. The Morgan fingerprint density at radius 1 is 0.510 bits per heavy atom. The summed E-state index contributed by atoms with van der Waals surface area (Å²) >= 11 is 0. The third-order valence-electron chi connectivity index (χ3n) is 26.2. The van der Waals surface area contributed by atoms with Gasteiger partial charge in [-0.15, -0.1) is 0 Å². The van der Waals surface area contributed by atoms with Crippen LogP contribution in [0.2, 0.25) is 0 Å². The third kappa shape index (κ3) is 17.9. The van der Waals surface area contributed by atoms with Crippen LogP contribution < -0.4 is 10.6 Å². The second kappa shape index (κ2) is 33.3. The van der Waals surface area contributed by atoms with Crippen LogP contribution in [0.5, 0.6) is 0 Å². The first kappa shape index (κ1) is 72.9. The highest BCUT2D eigenvalue weighted by Gasteiger charge is 2.61. The monoisotopic (exact) mass is 1310 g/mol. The largest absolute Gasteiger partial charge is 0.461 e. The lowest BCUT2D eigenvalue weighted by Crippen LogP contribution is -2.51. The Kier molecular flexibility index (Phi) is 25.3. The number of fused-ring (bicyclic) bond motifs is 10. The van der Waals surface area contributed by atoms with E-state index < -0.39 is 24.1 Å². The maximum Gasteiger partial charge on any atom is 0.407 e. The number of allylic oxidation sites excluding steroid dienone is 2. The summed E-state index contributed by atoms with van der Waals surface area (Å²) < 4.78 is 22.7. The molecule has 0 aliphatic heterocycles. The second-order valence-electron chi connectivity index (χ2n) is 33.1. The number of esters is 2. The molecule has 2 amide bonds. The molecule has 0 heterocycles. The van der Waals surface area contributed by atoms with E-state index in [-0.39, 0.29) is 49.3 Å². The summed E-state index contributed by atoms with van der Waals surface area (Å²) in [6.45, 7) is 24.9. The predicted octanol–water partition coefficient (Wildman–Crippen LogP) is 20.5. The highest BCUT2D eigenvalue weighted by Crippen LogP contribution is 2.69. The smallest absolute Gasteiger partial charge is 0.407 e.